The van der Waals surface area contributed by atoms with Crippen LogP contribution < -0.4 is 5.32 Å². The van der Waals surface area contributed by atoms with Gasteiger partial charge in [0.1, 0.15) is 0 Å². The molecule has 3 N–H and O–H groups in total. The van der Waals surface area contributed by atoms with E-state index in [1.54, 1.807) is 12.4 Å². The first-order valence-corrected chi connectivity index (χ1v) is 9.01. The minimum atomic E-state index is -0.113. The van der Waals surface area contributed by atoms with Crippen molar-refractivity contribution >= 4 is 33.4 Å². The zero-order valence-corrected chi connectivity index (χ0v) is 14.9. The first-order valence-electron chi connectivity index (χ1n) is 9.01. The van der Waals surface area contributed by atoms with E-state index in [9.17, 15) is 4.79 Å². The zero-order chi connectivity index (χ0) is 18.9. The van der Waals surface area contributed by atoms with E-state index in [0.717, 1.165) is 44.3 Å². The van der Waals surface area contributed by atoms with Crippen molar-refractivity contribution in [3.63, 3.8) is 0 Å². The van der Waals surface area contributed by atoms with E-state index >= 15 is 0 Å². The molecule has 0 atom stereocenters. The van der Waals surface area contributed by atoms with Crippen LogP contribution in [0.4, 0.5) is 5.69 Å². The highest BCUT2D eigenvalue weighted by atomic mass is 16.1. The van der Waals surface area contributed by atoms with Gasteiger partial charge < -0.3 is 10.3 Å². The van der Waals surface area contributed by atoms with E-state index in [0.29, 0.717) is 0 Å². The van der Waals surface area contributed by atoms with Gasteiger partial charge in [-0.3, -0.25) is 14.9 Å². The van der Waals surface area contributed by atoms with Crippen LogP contribution in [0.2, 0.25) is 0 Å². The number of aromatic amines is 2. The summed E-state index contributed by atoms with van der Waals surface area (Å²) in [4.78, 5) is 20.0. The Labute approximate surface area is 160 Å². The van der Waals surface area contributed by atoms with Crippen molar-refractivity contribution in [3.05, 3.63) is 78.9 Å². The van der Waals surface area contributed by atoms with Gasteiger partial charge in [0.25, 0.3) is 0 Å². The first-order chi connectivity index (χ1) is 13.8. The average molecular weight is 367 g/mol. The molecule has 0 aliphatic heterocycles. The maximum absolute atomic E-state index is 12.6. The van der Waals surface area contributed by atoms with E-state index < -0.39 is 0 Å². The van der Waals surface area contributed by atoms with Gasteiger partial charge in [-0.05, 0) is 47.5 Å². The van der Waals surface area contributed by atoms with Gasteiger partial charge in [0.2, 0.25) is 5.91 Å². The fourth-order valence-electron chi connectivity index (χ4n) is 3.51. The van der Waals surface area contributed by atoms with E-state index in [4.69, 9.17) is 0 Å². The highest BCUT2D eigenvalue weighted by Crippen LogP contribution is 2.33. The lowest BCUT2D eigenvalue weighted by molar-refractivity contribution is -0.115. The number of H-pyrrole nitrogens is 2. The molecule has 2 aromatic carbocycles. The number of hydrogen-bond acceptors (Lipinski definition) is 3. The van der Waals surface area contributed by atoms with Crippen molar-refractivity contribution in [2.45, 2.75) is 6.42 Å². The molecule has 0 saturated carbocycles. The van der Waals surface area contributed by atoms with Crippen molar-refractivity contribution in [2.24, 2.45) is 0 Å². The Morgan fingerprint density at radius 3 is 2.86 bits per heavy atom. The van der Waals surface area contributed by atoms with Crippen molar-refractivity contribution < 1.29 is 4.79 Å². The second kappa shape index (κ2) is 6.66. The molecule has 0 saturated heterocycles. The molecule has 5 aromatic rings. The first kappa shape index (κ1) is 16.3. The van der Waals surface area contributed by atoms with Gasteiger partial charge >= 0.3 is 0 Å². The molecule has 5 rings (SSSR count). The summed E-state index contributed by atoms with van der Waals surface area (Å²) >= 11 is 0. The molecule has 6 nitrogen and oxygen atoms in total. The smallest absolute Gasteiger partial charge is 0.230 e. The largest absolute Gasteiger partial charge is 0.361 e. The van der Waals surface area contributed by atoms with Crippen LogP contribution in [-0.2, 0) is 11.2 Å². The Bertz CT molecular complexity index is 1290. The number of nitrogens with zero attached hydrogens (tertiary/aromatic N) is 2. The number of benzene rings is 2. The van der Waals surface area contributed by atoms with Gasteiger partial charge in [0.05, 0.1) is 23.8 Å². The molecule has 0 aliphatic carbocycles. The molecular weight excluding hydrogens is 350 g/mol. The van der Waals surface area contributed by atoms with Crippen LogP contribution in [0.5, 0.6) is 0 Å². The Kier molecular flexibility index (Phi) is 3.87. The number of fused-ring (bicyclic) bond motifs is 2. The van der Waals surface area contributed by atoms with Crippen LogP contribution in [0.3, 0.4) is 0 Å². The molecule has 6 heteroatoms. The summed E-state index contributed by atoms with van der Waals surface area (Å²) in [6.07, 6.45) is 5.57. The quantitative estimate of drug-likeness (QED) is 0.443. The summed E-state index contributed by atoms with van der Waals surface area (Å²) in [7, 11) is 0. The second-order valence-corrected chi connectivity index (χ2v) is 6.65. The summed E-state index contributed by atoms with van der Waals surface area (Å²) in [5.41, 5.74) is 5.51. The molecule has 3 aromatic heterocycles. The summed E-state index contributed by atoms with van der Waals surface area (Å²) in [6, 6.07) is 17.8. The third-order valence-electron chi connectivity index (χ3n) is 4.81. The number of pyridine rings is 1. The fourth-order valence-corrected chi connectivity index (χ4v) is 3.51. The van der Waals surface area contributed by atoms with Gasteiger partial charge in [-0.1, -0.05) is 18.2 Å². The summed E-state index contributed by atoms with van der Waals surface area (Å²) in [5, 5.41) is 12.2. The fraction of sp³-hybridized carbons (Fsp3) is 0.0455. The number of aromatic nitrogens is 4. The van der Waals surface area contributed by atoms with Crippen molar-refractivity contribution in [1.29, 1.82) is 0 Å². The molecule has 0 radical (unpaired) electrons. The van der Waals surface area contributed by atoms with Crippen LogP contribution in [0, 0.1) is 0 Å². The van der Waals surface area contributed by atoms with Crippen LogP contribution in [-0.4, -0.2) is 26.1 Å². The van der Waals surface area contributed by atoms with Gasteiger partial charge in [-0.25, -0.2) is 0 Å². The third-order valence-corrected chi connectivity index (χ3v) is 4.81. The zero-order valence-electron chi connectivity index (χ0n) is 14.9. The van der Waals surface area contributed by atoms with Gasteiger partial charge in [0.15, 0.2) is 0 Å². The minimum Gasteiger partial charge on any atom is -0.361 e. The average Bonchev–Trinajstić information content (AvgIpc) is 3.37. The molecule has 3 heterocycles. The van der Waals surface area contributed by atoms with Crippen molar-refractivity contribution in [3.8, 4) is 11.1 Å². The summed E-state index contributed by atoms with van der Waals surface area (Å²) in [5.74, 6) is -0.113. The van der Waals surface area contributed by atoms with Gasteiger partial charge in [0, 0.05) is 34.4 Å². The maximum Gasteiger partial charge on any atom is 0.230 e. The van der Waals surface area contributed by atoms with E-state index in [1.165, 1.54) is 0 Å². The number of rotatable bonds is 4. The van der Waals surface area contributed by atoms with E-state index in [1.807, 2.05) is 42.6 Å². The lowest BCUT2D eigenvalue weighted by Crippen LogP contribution is -2.15. The van der Waals surface area contributed by atoms with Gasteiger partial charge in [-0.2, -0.15) is 5.10 Å². The number of anilines is 1. The third kappa shape index (κ3) is 2.91. The Hall–Kier alpha value is -3.93. The minimum absolute atomic E-state index is 0.113. The lowest BCUT2D eigenvalue weighted by Gasteiger charge is -2.10. The number of carbonyl (C=O) groups is 1. The summed E-state index contributed by atoms with van der Waals surface area (Å²) < 4.78 is 0. The summed E-state index contributed by atoms with van der Waals surface area (Å²) in [6.45, 7) is 0. The molecule has 0 fully saturated rings. The second-order valence-electron chi connectivity index (χ2n) is 6.65. The molecule has 136 valence electrons. The standard InChI is InChI=1S/C22H17N5O/c28-22(12-15-4-1-2-8-23-15)26-20-10-14(11-21-18(20)13-25-27-21)16-5-3-6-19-17(16)7-9-24-19/h1-11,13,24H,12H2,(H,25,27)(H,26,28). The molecular formula is C22H17N5O. The van der Waals surface area contributed by atoms with Crippen LogP contribution in [0.25, 0.3) is 32.9 Å². The van der Waals surface area contributed by atoms with E-state index in [-0.39, 0.29) is 12.3 Å². The van der Waals surface area contributed by atoms with Crippen molar-refractivity contribution in [1.82, 2.24) is 20.2 Å². The Balaban J connectivity index is 1.55. The number of hydrogen-bond donors (Lipinski definition) is 3. The molecule has 28 heavy (non-hydrogen) atoms. The number of carbonyl (C=O) groups excluding carboxylic acids is 1. The highest BCUT2D eigenvalue weighted by molar-refractivity contribution is 6.05. The Morgan fingerprint density at radius 2 is 1.96 bits per heavy atom. The molecule has 0 unspecified atom stereocenters. The SMILES string of the molecule is O=C(Cc1ccccn1)Nc1cc(-c2cccc3[nH]ccc23)cc2[nH]ncc12. The lowest BCUT2D eigenvalue weighted by atomic mass is 9.99. The van der Waals surface area contributed by atoms with Gasteiger partial charge in [-0.15, -0.1) is 0 Å². The highest BCUT2D eigenvalue weighted by Gasteiger charge is 2.13. The molecule has 0 aliphatic rings. The Morgan fingerprint density at radius 1 is 1.00 bits per heavy atom. The van der Waals surface area contributed by atoms with Crippen LogP contribution >= 0.6 is 0 Å². The van der Waals surface area contributed by atoms with Crippen LogP contribution in [0.1, 0.15) is 5.69 Å². The normalized spacial score (nSPS) is 11.1. The monoisotopic (exact) mass is 367 g/mol. The predicted octanol–water partition coefficient (Wildman–Crippen LogP) is 4.29. The number of amides is 1. The predicted molar refractivity (Wildman–Crippen MR) is 110 cm³/mol. The van der Waals surface area contributed by atoms with E-state index in [2.05, 4.69) is 43.7 Å². The number of nitrogens with one attached hydrogen (secondary N) is 3. The molecule has 0 spiro atoms. The molecule has 1 amide bonds. The topological polar surface area (TPSA) is 86.5 Å². The molecule has 0 bridgehead atoms. The maximum atomic E-state index is 12.6. The van der Waals surface area contributed by atoms with Crippen molar-refractivity contribution in [2.75, 3.05) is 5.32 Å². The van der Waals surface area contributed by atoms with Crippen LogP contribution in [0.15, 0.2) is 73.2 Å².